The summed E-state index contributed by atoms with van der Waals surface area (Å²) in [5, 5.41) is 8.35. The van der Waals surface area contributed by atoms with Gasteiger partial charge in [-0.25, -0.2) is 4.39 Å². The Bertz CT molecular complexity index is 364. The first-order valence-corrected chi connectivity index (χ1v) is 3.98. The van der Waals surface area contributed by atoms with Crippen molar-refractivity contribution in [2.75, 3.05) is 0 Å². The highest BCUT2D eigenvalue weighted by atomic mass is 19.3. The van der Waals surface area contributed by atoms with Crippen LogP contribution in [-0.2, 0) is 10.7 Å². The van der Waals surface area contributed by atoms with Gasteiger partial charge in [0.05, 0.1) is 0 Å². The van der Waals surface area contributed by atoms with Crippen LogP contribution in [0.3, 0.4) is 0 Å². The molecule has 1 aromatic carbocycles. The molecule has 1 rings (SSSR count). The topological polar surface area (TPSA) is 63.3 Å². The zero-order chi connectivity index (χ0) is 11.6. The van der Waals surface area contributed by atoms with Crippen LogP contribution in [0.15, 0.2) is 24.3 Å². The largest absolute Gasteiger partial charge is 0.480 e. The van der Waals surface area contributed by atoms with E-state index in [1.165, 1.54) is 0 Å². The molecule has 82 valence electrons. The molecule has 3 nitrogen and oxygen atoms in total. The number of rotatable bonds is 3. The second kappa shape index (κ2) is 3.90. The van der Waals surface area contributed by atoms with Crippen molar-refractivity contribution in [3.63, 3.8) is 0 Å². The van der Waals surface area contributed by atoms with Crippen molar-refractivity contribution in [2.45, 2.75) is 12.0 Å². The Morgan fingerprint density at radius 1 is 1.33 bits per heavy atom. The number of halogens is 3. The first-order chi connectivity index (χ1) is 6.85. The van der Waals surface area contributed by atoms with Crippen molar-refractivity contribution in [1.29, 1.82) is 0 Å². The van der Waals surface area contributed by atoms with Gasteiger partial charge >= 0.3 is 5.97 Å². The maximum Gasteiger partial charge on any atom is 0.327 e. The molecule has 0 fully saturated rings. The number of hydrogen-bond donors (Lipinski definition) is 2. The van der Waals surface area contributed by atoms with Gasteiger partial charge in [-0.15, -0.1) is 0 Å². The van der Waals surface area contributed by atoms with Crippen molar-refractivity contribution >= 4 is 5.97 Å². The number of carboxylic acid groups (broad SMARTS) is 1. The average molecular weight is 219 g/mol. The molecule has 0 saturated carbocycles. The Morgan fingerprint density at radius 3 is 2.20 bits per heavy atom. The number of hydrogen-bond acceptors (Lipinski definition) is 2. The molecule has 0 bridgehead atoms. The molecule has 0 spiro atoms. The number of aliphatic carboxylic acids is 1. The van der Waals surface area contributed by atoms with Gasteiger partial charge < -0.3 is 10.8 Å². The van der Waals surface area contributed by atoms with E-state index in [-0.39, 0.29) is 0 Å². The minimum absolute atomic E-state index is 0.626. The summed E-state index contributed by atoms with van der Waals surface area (Å²) in [6, 6.07) is 0.897. The predicted octanol–water partition coefficient (Wildman–Crippen LogP) is 1.33. The van der Waals surface area contributed by atoms with Crippen LogP contribution in [0.25, 0.3) is 0 Å². The first kappa shape index (κ1) is 11.5. The summed E-state index contributed by atoms with van der Waals surface area (Å²) in [6.45, 7) is 0. The number of carbonyl (C=O) groups is 1. The predicted molar refractivity (Wildman–Crippen MR) is 45.9 cm³/mol. The van der Waals surface area contributed by atoms with Crippen molar-refractivity contribution in [2.24, 2.45) is 5.73 Å². The summed E-state index contributed by atoms with van der Waals surface area (Å²) < 4.78 is 39.0. The number of benzene rings is 1. The lowest BCUT2D eigenvalue weighted by atomic mass is 10.0. The van der Waals surface area contributed by atoms with Gasteiger partial charge in [0, 0.05) is 5.56 Å². The number of nitrogens with two attached hydrogens (primary N) is 1. The van der Waals surface area contributed by atoms with Crippen molar-refractivity contribution in [3.8, 4) is 0 Å². The molecule has 1 atom stereocenters. The van der Waals surface area contributed by atoms with E-state index in [2.05, 4.69) is 0 Å². The first-order valence-electron chi connectivity index (χ1n) is 3.98. The lowest BCUT2D eigenvalue weighted by molar-refractivity contribution is -0.149. The van der Waals surface area contributed by atoms with Gasteiger partial charge in [0.2, 0.25) is 0 Å². The Kier molecular flexibility index (Phi) is 2.99. The lowest BCUT2D eigenvalue weighted by Crippen LogP contribution is -2.45. The van der Waals surface area contributed by atoms with Gasteiger partial charge in [-0.1, -0.05) is 12.1 Å². The molecule has 0 aromatic heterocycles. The van der Waals surface area contributed by atoms with Gasteiger partial charge in [0.25, 0.3) is 5.92 Å². The van der Waals surface area contributed by atoms with E-state index in [1.807, 2.05) is 0 Å². The zero-order valence-electron chi connectivity index (χ0n) is 7.45. The van der Waals surface area contributed by atoms with E-state index in [1.54, 1.807) is 0 Å². The summed E-state index contributed by atoms with van der Waals surface area (Å²) in [4.78, 5) is 10.3. The normalized spacial score (nSPS) is 13.6. The minimum Gasteiger partial charge on any atom is -0.480 e. The van der Waals surface area contributed by atoms with Crippen LogP contribution in [0, 0.1) is 5.82 Å². The van der Waals surface area contributed by atoms with E-state index in [0.717, 1.165) is 24.3 Å². The smallest absolute Gasteiger partial charge is 0.327 e. The Morgan fingerprint density at radius 2 is 1.80 bits per heavy atom. The molecule has 6 heteroatoms. The van der Waals surface area contributed by atoms with Crippen molar-refractivity contribution < 1.29 is 23.1 Å². The van der Waals surface area contributed by atoms with Crippen LogP contribution in [-0.4, -0.2) is 17.1 Å². The van der Waals surface area contributed by atoms with Crippen LogP contribution in [0.2, 0.25) is 0 Å². The highest BCUT2D eigenvalue weighted by molar-refractivity contribution is 5.74. The minimum atomic E-state index is -3.72. The van der Waals surface area contributed by atoms with E-state index in [9.17, 15) is 18.0 Å². The van der Waals surface area contributed by atoms with E-state index < -0.39 is 29.3 Å². The van der Waals surface area contributed by atoms with Crippen LogP contribution < -0.4 is 5.73 Å². The maximum absolute atomic E-state index is 13.3. The summed E-state index contributed by atoms with van der Waals surface area (Å²) in [6.07, 6.45) is 0. The third-order valence-electron chi connectivity index (χ3n) is 1.89. The van der Waals surface area contributed by atoms with E-state index in [4.69, 9.17) is 10.8 Å². The highest BCUT2D eigenvalue weighted by Gasteiger charge is 2.43. The highest BCUT2D eigenvalue weighted by Crippen LogP contribution is 2.30. The molecule has 1 aromatic rings. The van der Waals surface area contributed by atoms with Gasteiger partial charge in [0.1, 0.15) is 5.82 Å². The standard InChI is InChI=1S/C9H8F3NO2/c10-6-3-1-5(2-4-6)9(11,12)7(13)8(14)15/h1-4,7H,13H2,(H,14,15). The van der Waals surface area contributed by atoms with E-state index >= 15 is 0 Å². The summed E-state index contributed by atoms with van der Waals surface area (Å²) in [5.41, 5.74) is 4.19. The molecule has 0 radical (unpaired) electrons. The number of alkyl halides is 2. The second-order valence-electron chi connectivity index (χ2n) is 2.95. The average Bonchev–Trinajstić information content (AvgIpc) is 2.17. The second-order valence-corrected chi connectivity index (χ2v) is 2.95. The van der Waals surface area contributed by atoms with Crippen LogP contribution in [0.4, 0.5) is 13.2 Å². The molecule has 0 amide bonds. The molecule has 0 aliphatic heterocycles. The summed E-state index contributed by atoms with van der Waals surface area (Å²) in [5.74, 6) is -6.22. The van der Waals surface area contributed by atoms with Gasteiger partial charge in [-0.2, -0.15) is 8.78 Å². The summed E-state index contributed by atoms with van der Waals surface area (Å²) >= 11 is 0. The van der Waals surface area contributed by atoms with Gasteiger partial charge in [0.15, 0.2) is 6.04 Å². The molecular formula is C9H8F3NO2. The molecule has 0 aliphatic rings. The lowest BCUT2D eigenvalue weighted by Gasteiger charge is -2.20. The third-order valence-corrected chi connectivity index (χ3v) is 1.89. The van der Waals surface area contributed by atoms with Crippen molar-refractivity contribution in [1.82, 2.24) is 0 Å². The molecule has 0 aliphatic carbocycles. The molecule has 0 heterocycles. The fourth-order valence-electron chi connectivity index (χ4n) is 1.01. The van der Waals surface area contributed by atoms with E-state index in [0.29, 0.717) is 0 Å². The van der Waals surface area contributed by atoms with Gasteiger partial charge in [-0.3, -0.25) is 4.79 Å². The van der Waals surface area contributed by atoms with Crippen LogP contribution in [0.5, 0.6) is 0 Å². The fraction of sp³-hybridized carbons (Fsp3) is 0.222. The van der Waals surface area contributed by atoms with Crippen molar-refractivity contribution in [3.05, 3.63) is 35.6 Å². The maximum atomic E-state index is 13.3. The van der Waals surface area contributed by atoms with Crippen LogP contribution >= 0.6 is 0 Å². The molecule has 0 saturated heterocycles. The summed E-state index contributed by atoms with van der Waals surface area (Å²) in [7, 11) is 0. The molecular weight excluding hydrogens is 211 g/mol. The Labute approximate surface area is 83.3 Å². The SMILES string of the molecule is NC(C(=O)O)C(F)(F)c1ccc(F)cc1. The zero-order valence-corrected chi connectivity index (χ0v) is 7.45. The monoisotopic (exact) mass is 219 g/mol. The molecule has 15 heavy (non-hydrogen) atoms. The Hall–Kier alpha value is -1.56. The van der Waals surface area contributed by atoms with Crippen LogP contribution in [0.1, 0.15) is 5.56 Å². The third kappa shape index (κ3) is 2.27. The number of carboxylic acids is 1. The Balaban J connectivity index is 3.05. The van der Waals surface area contributed by atoms with Gasteiger partial charge in [-0.05, 0) is 12.1 Å². The molecule has 3 N–H and O–H groups in total. The fourth-order valence-corrected chi connectivity index (χ4v) is 1.01. The molecule has 1 unspecified atom stereocenters. The quantitative estimate of drug-likeness (QED) is 0.806.